The van der Waals surface area contributed by atoms with Gasteiger partial charge in [-0.25, -0.2) is 0 Å². The minimum absolute atomic E-state index is 0.286. The second-order valence-electron chi connectivity index (χ2n) is 4.86. The topological polar surface area (TPSA) is 12.0 Å². The third kappa shape index (κ3) is 3.68. The second kappa shape index (κ2) is 6.69. The lowest BCUT2D eigenvalue weighted by Crippen LogP contribution is -2.22. The Bertz CT molecular complexity index is 547. The Morgan fingerprint density at radius 1 is 1.21 bits per heavy atom. The quantitative estimate of drug-likeness (QED) is 0.788. The molecule has 19 heavy (non-hydrogen) atoms. The lowest BCUT2D eigenvalue weighted by atomic mass is 10.0. The number of aryl methyl sites for hydroxylation is 2. The van der Waals surface area contributed by atoms with Crippen molar-refractivity contribution >= 4 is 27.3 Å². The third-order valence-electron chi connectivity index (χ3n) is 3.11. The van der Waals surface area contributed by atoms with Crippen LogP contribution in [-0.2, 0) is 0 Å². The average Bonchev–Trinajstić information content (AvgIpc) is 2.78. The Labute approximate surface area is 128 Å². The lowest BCUT2D eigenvalue weighted by Gasteiger charge is -2.19. The van der Waals surface area contributed by atoms with Gasteiger partial charge in [-0.1, -0.05) is 35.0 Å². The third-order valence-corrected chi connectivity index (χ3v) is 4.86. The number of nitrogens with one attached hydrogen (secondary N) is 1. The highest BCUT2D eigenvalue weighted by molar-refractivity contribution is 9.10. The maximum Gasteiger partial charge on any atom is 0.0682 e. The highest BCUT2D eigenvalue weighted by Crippen LogP contribution is 2.33. The van der Waals surface area contributed by atoms with Crippen LogP contribution in [0.2, 0.25) is 0 Å². The van der Waals surface area contributed by atoms with Crippen molar-refractivity contribution in [3.05, 3.63) is 55.7 Å². The molecule has 1 heterocycles. The number of benzene rings is 1. The normalized spacial score (nSPS) is 12.6. The molecule has 3 heteroatoms. The van der Waals surface area contributed by atoms with Gasteiger partial charge >= 0.3 is 0 Å². The molecule has 1 aromatic carbocycles. The summed E-state index contributed by atoms with van der Waals surface area (Å²) in [6.07, 6.45) is 1.14. The Morgan fingerprint density at radius 2 is 2.00 bits per heavy atom. The fourth-order valence-electron chi connectivity index (χ4n) is 2.13. The monoisotopic (exact) mass is 337 g/mol. The van der Waals surface area contributed by atoms with Crippen LogP contribution in [0.25, 0.3) is 0 Å². The number of hydrogen-bond donors (Lipinski definition) is 1. The first kappa shape index (κ1) is 14.8. The first-order valence-electron chi connectivity index (χ1n) is 6.67. The maximum atomic E-state index is 3.71. The van der Waals surface area contributed by atoms with Gasteiger partial charge in [-0.3, -0.25) is 0 Å². The van der Waals surface area contributed by atoms with E-state index >= 15 is 0 Å². The molecule has 1 atom stereocenters. The van der Waals surface area contributed by atoms with Crippen molar-refractivity contribution in [1.82, 2.24) is 5.32 Å². The molecule has 102 valence electrons. The van der Waals surface area contributed by atoms with E-state index in [9.17, 15) is 0 Å². The minimum atomic E-state index is 0.286. The molecule has 0 saturated heterocycles. The van der Waals surface area contributed by atoms with Crippen molar-refractivity contribution in [1.29, 1.82) is 0 Å². The van der Waals surface area contributed by atoms with E-state index in [0.717, 1.165) is 13.0 Å². The summed E-state index contributed by atoms with van der Waals surface area (Å²) >= 11 is 5.58. The summed E-state index contributed by atoms with van der Waals surface area (Å²) in [6.45, 7) is 7.52. The molecule has 1 nitrogen and oxygen atoms in total. The smallest absolute Gasteiger partial charge is 0.0682 e. The van der Waals surface area contributed by atoms with Crippen LogP contribution in [0.5, 0.6) is 0 Å². The molecule has 1 N–H and O–H groups in total. The molecule has 0 bridgehead atoms. The lowest BCUT2D eigenvalue weighted by molar-refractivity contribution is 0.604. The predicted octanol–water partition coefficient (Wildman–Crippen LogP) is 5.22. The average molecular weight is 338 g/mol. The van der Waals surface area contributed by atoms with E-state index in [-0.39, 0.29) is 6.04 Å². The van der Waals surface area contributed by atoms with Crippen molar-refractivity contribution in [3.63, 3.8) is 0 Å². The zero-order chi connectivity index (χ0) is 13.8. The standard InChI is InChI=1S/C16H20BrNS/c1-4-9-18-16(15-8-6-12(3)19-15)13-7-5-11(2)10-14(13)17/h5-8,10,16,18H,4,9H2,1-3H3. The van der Waals surface area contributed by atoms with Crippen LogP contribution < -0.4 is 5.32 Å². The molecule has 0 aliphatic heterocycles. The number of rotatable bonds is 5. The molecule has 0 saturated carbocycles. The molecular formula is C16H20BrNS. The summed E-state index contributed by atoms with van der Waals surface area (Å²) < 4.78 is 1.19. The summed E-state index contributed by atoms with van der Waals surface area (Å²) in [5.41, 5.74) is 2.60. The maximum absolute atomic E-state index is 3.71. The van der Waals surface area contributed by atoms with Crippen LogP contribution in [0.15, 0.2) is 34.8 Å². The van der Waals surface area contributed by atoms with Gasteiger partial charge in [0.15, 0.2) is 0 Å². The predicted molar refractivity (Wildman–Crippen MR) is 88.1 cm³/mol. The number of hydrogen-bond acceptors (Lipinski definition) is 2. The van der Waals surface area contributed by atoms with Crippen molar-refractivity contribution in [3.8, 4) is 0 Å². The molecule has 0 fully saturated rings. The van der Waals surface area contributed by atoms with E-state index in [1.807, 2.05) is 11.3 Å². The van der Waals surface area contributed by atoms with Crippen molar-refractivity contribution < 1.29 is 0 Å². The van der Waals surface area contributed by atoms with Gasteiger partial charge in [-0.2, -0.15) is 0 Å². The van der Waals surface area contributed by atoms with E-state index < -0.39 is 0 Å². The molecule has 1 aromatic heterocycles. The number of halogens is 1. The van der Waals surface area contributed by atoms with Gasteiger partial charge in [-0.15, -0.1) is 11.3 Å². The van der Waals surface area contributed by atoms with Gasteiger partial charge in [-0.05, 0) is 56.1 Å². The van der Waals surface area contributed by atoms with Gasteiger partial charge in [0.05, 0.1) is 6.04 Å². The van der Waals surface area contributed by atoms with Crippen LogP contribution in [0, 0.1) is 13.8 Å². The van der Waals surface area contributed by atoms with Crippen LogP contribution in [0.3, 0.4) is 0 Å². The number of thiophene rings is 1. The van der Waals surface area contributed by atoms with Crippen LogP contribution >= 0.6 is 27.3 Å². The molecule has 0 radical (unpaired) electrons. The largest absolute Gasteiger partial charge is 0.306 e. The van der Waals surface area contributed by atoms with E-state index in [2.05, 4.69) is 72.3 Å². The van der Waals surface area contributed by atoms with Crippen molar-refractivity contribution in [2.45, 2.75) is 33.2 Å². The Balaban J connectivity index is 2.36. The van der Waals surface area contributed by atoms with Crippen LogP contribution in [-0.4, -0.2) is 6.54 Å². The highest BCUT2D eigenvalue weighted by atomic mass is 79.9. The summed E-state index contributed by atoms with van der Waals surface area (Å²) in [6, 6.07) is 11.3. The first-order chi connectivity index (χ1) is 9.11. The molecule has 0 aliphatic carbocycles. The van der Waals surface area contributed by atoms with Gasteiger partial charge in [0.1, 0.15) is 0 Å². The van der Waals surface area contributed by atoms with Gasteiger partial charge in [0.25, 0.3) is 0 Å². The van der Waals surface area contributed by atoms with E-state index in [0.29, 0.717) is 0 Å². The van der Waals surface area contributed by atoms with Gasteiger partial charge in [0, 0.05) is 14.2 Å². The molecule has 0 amide bonds. The minimum Gasteiger partial charge on any atom is -0.306 e. The van der Waals surface area contributed by atoms with Crippen molar-refractivity contribution in [2.24, 2.45) is 0 Å². The summed E-state index contributed by atoms with van der Waals surface area (Å²) in [7, 11) is 0. The second-order valence-corrected chi connectivity index (χ2v) is 7.03. The fourth-order valence-corrected chi connectivity index (χ4v) is 3.82. The molecular weight excluding hydrogens is 318 g/mol. The van der Waals surface area contributed by atoms with Crippen LogP contribution in [0.1, 0.15) is 40.3 Å². The summed E-state index contributed by atoms with van der Waals surface area (Å²) in [5.74, 6) is 0. The van der Waals surface area contributed by atoms with E-state index in [1.165, 1.54) is 25.4 Å². The molecule has 1 unspecified atom stereocenters. The molecule has 0 aliphatic rings. The molecule has 2 aromatic rings. The van der Waals surface area contributed by atoms with Crippen molar-refractivity contribution in [2.75, 3.05) is 6.54 Å². The van der Waals surface area contributed by atoms with Crippen LogP contribution in [0.4, 0.5) is 0 Å². The highest BCUT2D eigenvalue weighted by Gasteiger charge is 2.17. The Morgan fingerprint density at radius 3 is 2.58 bits per heavy atom. The summed E-state index contributed by atoms with van der Waals surface area (Å²) in [5, 5.41) is 3.66. The summed E-state index contributed by atoms with van der Waals surface area (Å²) in [4.78, 5) is 2.75. The first-order valence-corrected chi connectivity index (χ1v) is 8.28. The SMILES string of the molecule is CCCNC(c1ccc(C)s1)c1ccc(C)cc1Br. The van der Waals surface area contributed by atoms with Gasteiger partial charge in [0.2, 0.25) is 0 Å². The Kier molecular flexibility index (Phi) is 5.20. The zero-order valence-corrected chi connectivity index (χ0v) is 14.1. The molecule has 0 spiro atoms. The van der Waals surface area contributed by atoms with E-state index in [4.69, 9.17) is 0 Å². The Hall–Kier alpha value is -0.640. The fraction of sp³-hybridized carbons (Fsp3) is 0.375. The molecule has 2 rings (SSSR count). The zero-order valence-electron chi connectivity index (χ0n) is 11.7. The van der Waals surface area contributed by atoms with Gasteiger partial charge < -0.3 is 5.32 Å². The van der Waals surface area contributed by atoms with E-state index in [1.54, 1.807) is 0 Å².